The molecule has 40 heavy (non-hydrogen) atoms. The predicted octanol–water partition coefficient (Wildman–Crippen LogP) is 8.97. The van der Waals surface area contributed by atoms with Crippen molar-refractivity contribution in [3.63, 3.8) is 0 Å². The summed E-state index contributed by atoms with van der Waals surface area (Å²) in [5.41, 5.74) is 5.42. The molecule has 2 N–H and O–H groups in total. The second kappa shape index (κ2) is 10.9. The molecule has 1 fully saturated rings. The Hall–Kier alpha value is -3.39. The first-order valence-corrected chi connectivity index (χ1v) is 14.7. The molecule has 0 unspecified atom stereocenters. The number of ether oxygens (including phenoxy) is 1. The summed E-state index contributed by atoms with van der Waals surface area (Å²) < 4.78 is 5.49. The average Bonchev–Trinajstić information content (AvgIpc) is 3.71. The second-order valence-corrected chi connectivity index (χ2v) is 12.0. The zero-order valence-corrected chi connectivity index (χ0v) is 23.8. The van der Waals surface area contributed by atoms with Gasteiger partial charge in [0, 0.05) is 16.0 Å². The lowest BCUT2D eigenvalue weighted by atomic mass is 9.82. The number of benzene rings is 1. The normalized spacial score (nSPS) is 17.9. The SMILES string of the molecule is O=C(Nc1c(C2=CC=C(C3=CC=C(C4(C(=O)O)CC4)CC3)CC2)sc2nc(Cl)ccc12)OCc1ccccc1Cl. The Kier molecular flexibility index (Phi) is 7.29. The summed E-state index contributed by atoms with van der Waals surface area (Å²) in [7, 11) is 0. The van der Waals surface area contributed by atoms with Crippen molar-refractivity contribution in [2.24, 2.45) is 5.41 Å². The Morgan fingerprint density at radius 1 is 0.950 bits per heavy atom. The maximum atomic E-state index is 12.8. The van der Waals surface area contributed by atoms with E-state index < -0.39 is 17.5 Å². The summed E-state index contributed by atoms with van der Waals surface area (Å²) in [5.74, 6) is -0.698. The van der Waals surface area contributed by atoms with Crippen molar-refractivity contribution in [1.82, 2.24) is 4.98 Å². The first-order valence-electron chi connectivity index (χ1n) is 13.1. The van der Waals surface area contributed by atoms with E-state index in [2.05, 4.69) is 28.5 Å². The number of hydrogen-bond acceptors (Lipinski definition) is 5. The third-order valence-electron chi connectivity index (χ3n) is 7.84. The summed E-state index contributed by atoms with van der Waals surface area (Å²) in [6.45, 7) is 0.0562. The number of hydrogen-bond donors (Lipinski definition) is 2. The fraction of sp³-hybridized carbons (Fsp3) is 0.258. The molecule has 2 aromatic heterocycles. The van der Waals surface area contributed by atoms with Crippen molar-refractivity contribution in [3.05, 3.63) is 98.0 Å². The van der Waals surface area contributed by atoms with Crippen molar-refractivity contribution in [2.45, 2.75) is 45.1 Å². The predicted molar refractivity (Wildman–Crippen MR) is 160 cm³/mol. The molecule has 6 nitrogen and oxygen atoms in total. The molecule has 0 saturated heterocycles. The highest BCUT2D eigenvalue weighted by Crippen LogP contribution is 2.55. The quantitative estimate of drug-likeness (QED) is 0.267. The number of aromatic nitrogens is 1. The van der Waals surface area contributed by atoms with Gasteiger partial charge in [-0.1, -0.05) is 71.3 Å². The van der Waals surface area contributed by atoms with E-state index in [4.69, 9.17) is 27.9 Å². The van der Waals surface area contributed by atoms with Gasteiger partial charge in [-0.25, -0.2) is 9.78 Å². The van der Waals surface area contributed by atoms with Gasteiger partial charge in [0.05, 0.1) is 16.0 Å². The minimum atomic E-state index is -0.698. The molecule has 6 rings (SSSR count). The van der Waals surface area contributed by atoms with Crippen LogP contribution < -0.4 is 5.32 Å². The van der Waals surface area contributed by atoms with E-state index in [0.29, 0.717) is 15.9 Å². The summed E-state index contributed by atoms with van der Waals surface area (Å²) in [6, 6.07) is 10.8. The van der Waals surface area contributed by atoms with Crippen LogP contribution >= 0.6 is 34.5 Å². The number of aliphatic carboxylic acids is 1. The first-order chi connectivity index (χ1) is 19.3. The maximum absolute atomic E-state index is 12.8. The number of anilines is 1. The molecule has 3 aliphatic rings. The average molecular weight is 594 g/mol. The molecule has 9 heteroatoms. The number of thiophene rings is 1. The van der Waals surface area contributed by atoms with Crippen LogP contribution in [0.2, 0.25) is 10.2 Å². The van der Waals surface area contributed by atoms with Gasteiger partial charge in [0.2, 0.25) is 0 Å². The number of carboxylic acid groups (broad SMARTS) is 1. The van der Waals surface area contributed by atoms with Crippen LogP contribution in [0, 0.1) is 5.41 Å². The molecular weight excluding hydrogens is 567 g/mol. The molecule has 0 spiro atoms. The minimum Gasteiger partial charge on any atom is -0.481 e. The number of allylic oxidation sites excluding steroid dienone is 7. The number of halogens is 2. The maximum Gasteiger partial charge on any atom is 0.412 e. The largest absolute Gasteiger partial charge is 0.481 e. The Morgan fingerprint density at radius 2 is 1.65 bits per heavy atom. The van der Waals surface area contributed by atoms with Crippen LogP contribution in [0.1, 0.15) is 49.0 Å². The fourth-order valence-corrected chi connectivity index (χ4v) is 6.97. The summed E-state index contributed by atoms with van der Waals surface area (Å²) in [5, 5.41) is 14.3. The molecule has 1 amide bonds. The number of nitrogens with zero attached hydrogens (tertiary/aromatic N) is 1. The smallest absolute Gasteiger partial charge is 0.412 e. The van der Waals surface area contributed by atoms with Gasteiger partial charge in [-0.3, -0.25) is 10.1 Å². The molecule has 3 aromatic rings. The van der Waals surface area contributed by atoms with Crippen molar-refractivity contribution in [2.75, 3.05) is 5.32 Å². The summed E-state index contributed by atoms with van der Waals surface area (Å²) in [6.07, 6.45) is 12.6. The molecule has 1 aromatic carbocycles. The van der Waals surface area contributed by atoms with Crippen LogP contribution in [0.4, 0.5) is 10.5 Å². The van der Waals surface area contributed by atoms with E-state index in [9.17, 15) is 14.7 Å². The van der Waals surface area contributed by atoms with E-state index >= 15 is 0 Å². The third-order valence-corrected chi connectivity index (χ3v) is 9.60. The van der Waals surface area contributed by atoms with Crippen LogP contribution in [-0.4, -0.2) is 22.2 Å². The van der Waals surface area contributed by atoms with Gasteiger partial charge < -0.3 is 9.84 Å². The highest BCUT2D eigenvalue weighted by molar-refractivity contribution is 7.20. The number of rotatable bonds is 7. The van der Waals surface area contributed by atoms with Gasteiger partial charge in [0.15, 0.2) is 0 Å². The number of carbonyl (C=O) groups excluding carboxylic acids is 1. The number of nitrogens with one attached hydrogen (secondary N) is 1. The van der Waals surface area contributed by atoms with Crippen molar-refractivity contribution in [3.8, 4) is 0 Å². The van der Waals surface area contributed by atoms with Gasteiger partial charge in [0.25, 0.3) is 0 Å². The van der Waals surface area contributed by atoms with Crippen LogP contribution in [0.5, 0.6) is 0 Å². The van der Waals surface area contributed by atoms with Crippen LogP contribution in [0.15, 0.2) is 77.4 Å². The molecule has 0 aliphatic heterocycles. The van der Waals surface area contributed by atoms with Crippen molar-refractivity contribution >= 4 is 68.1 Å². The monoisotopic (exact) mass is 592 g/mol. The molecular formula is C31H26Cl2N2O4S. The Labute approximate surface area is 245 Å². The number of amides is 1. The molecule has 0 atom stereocenters. The van der Waals surface area contributed by atoms with Crippen LogP contribution in [-0.2, 0) is 16.1 Å². The number of fused-ring (bicyclic) bond motifs is 1. The van der Waals surface area contributed by atoms with Crippen molar-refractivity contribution < 1.29 is 19.4 Å². The third kappa shape index (κ3) is 5.21. The molecule has 0 radical (unpaired) electrons. The van der Waals surface area contributed by atoms with Crippen LogP contribution in [0.3, 0.4) is 0 Å². The lowest BCUT2D eigenvalue weighted by Gasteiger charge is -2.23. The zero-order chi connectivity index (χ0) is 27.9. The van der Waals surface area contributed by atoms with E-state index in [0.717, 1.165) is 70.3 Å². The van der Waals surface area contributed by atoms with Crippen molar-refractivity contribution in [1.29, 1.82) is 0 Å². The van der Waals surface area contributed by atoms with Crippen LogP contribution in [0.25, 0.3) is 15.8 Å². The Balaban J connectivity index is 1.24. The molecule has 0 bridgehead atoms. The summed E-state index contributed by atoms with van der Waals surface area (Å²) in [4.78, 5) is 30.7. The van der Waals surface area contributed by atoms with Gasteiger partial charge in [-0.05, 0) is 73.4 Å². The van der Waals surface area contributed by atoms with E-state index in [1.807, 2.05) is 30.3 Å². The number of carboxylic acids is 1. The van der Waals surface area contributed by atoms with Gasteiger partial charge in [-0.15, -0.1) is 11.3 Å². The van der Waals surface area contributed by atoms with E-state index in [-0.39, 0.29) is 6.61 Å². The summed E-state index contributed by atoms with van der Waals surface area (Å²) >= 11 is 13.9. The topological polar surface area (TPSA) is 88.5 Å². The number of carbonyl (C=O) groups is 2. The molecule has 3 aliphatic carbocycles. The Morgan fingerprint density at radius 3 is 2.30 bits per heavy atom. The first kappa shape index (κ1) is 26.8. The second-order valence-electron chi connectivity index (χ2n) is 10.2. The minimum absolute atomic E-state index is 0.0562. The Bertz CT molecular complexity index is 1660. The number of pyridine rings is 1. The van der Waals surface area contributed by atoms with Gasteiger partial charge >= 0.3 is 12.1 Å². The van der Waals surface area contributed by atoms with E-state index in [1.165, 1.54) is 22.5 Å². The lowest BCUT2D eigenvalue weighted by Crippen LogP contribution is -2.18. The lowest BCUT2D eigenvalue weighted by molar-refractivity contribution is -0.141. The standard InChI is InChI=1S/C31H26Cl2N2O4S/c32-24-4-2-1-3-21(24)17-39-30(38)35-26-23-13-14-25(33)34-28(23)40-27(26)20-7-5-18(6-8-20)19-9-11-22(12-10-19)31(15-16-31)29(36)37/h1-5,7,9,11,13-14H,6,8,10,12,15-17H2,(H,35,38)(H,36,37). The highest BCUT2D eigenvalue weighted by atomic mass is 35.5. The molecule has 1 saturated carbocycles. The van der Waals surface area contributed by atoms with E-state index in [1.54, 1.807) is 12.1 Å². The van der Waals surface area contributed by atoms with Gasteiger partial charge in [-0.2, -0.15) is 0 Å². The molecule has 2 heterocycles. The zero-order valence-electron chi connectivity index (χ0n) is 21.5. The molecule has 204 valence electrons. The van der Waals surface area contributed by atoms with Gasteiger partial charge in [0.1, 0.15) is 16.6 Å². The highest BCUT2D eigenvalue weighted by Gasteiger charge is 2.52. The fourth-order valence-electron chi connectivity index (χ4n) is 5.40.